The topological polar surface area (TPSA) is 29.1 Å². The zero-order valence-corrected chi connectivity index (χ0v) is 15.4. The summed E-state index contributed by atoms with van der Waals surface area (Å²) in [6.07, 6.45) is 3.27. The Morgan fingerprint density at radius 3 is 2.08 bits per heavy atom. The number of benzene rings is 2. The minimum Gasteiger partial charge on any atom is -0.322 e. The molecule has 126 valence electrons. The predicted molar refractivity (Wildman–Crippen MR) is 104 cm³/mol. The third kappa shape index (κ3) is 4.48. The van der Waals surface area contributed by atoms with Crippen molar-refractivity contribution in [1.82, 2.24) is 0 Å². The van der Waals surface area contributed by atoms with Gasteiger partial charge in [-0.15, -0.1) is 0 Å². The highest BCUT2D eigenvalue weighted by Gasteiger charge is 2.14. The Labute approximate surface area is 149 Å². The molecular formula is C21H24ClNO. The molecule has 0 aliphatic carbocycles. The molecule has 0 unspecified atom stereocenters. The van der Waals surface area contributed by atoms with Gasteiger partial charge in [0.15, 0.2) is 0 Å². The highest BCUT2D eigenvalue weighted by Crippen LogP contribution is 2.32. The van der Waals surface area contributed by atoms with Crippen molar-refractivity contribution >= 4 is 29.3 Å². The van der Waals surface area contributed by atoms with Crippen molar-refractivity contribution in [1.29, 1.82) is 0 Å². The van der Waals surface area contributed by atoms with Crippen LogP contribution in [0, 0.1) is 0 Å². The van der Waals surface area contributed by atoms with Gasteiger partial charge in [-0.2, -0.15) is 0 Å². The second-order valence-electron chi connectivity index (χ2n) is 6.46. The van der Waals surface area contributed by atoms with Crippen molar-refractivity contribution in [2.45, 2.75) is 39.5 Å². The lowest BCUT2D eigenvalue weighted by atomic mass is 9.92. The van der Waals surface area contributed by atoms with Crippen LogP contribution in [0.3, 0.4) is 0 Å². The molecule has 3 heteroatoms. The van der Waals surface area contributed by atoms with Crippen LogP contribution >= 0.6 is 11.6 Å². The van der Waals surface area contributed by atoms with E-state index in [1.165, 1.54) is 6.08 Å². The van der Waals surface area contributed by atoms with Crippen LogP contribution in [0.4, 0.5) is 5.69 Å². The molecule has 0 saturated heterocycles. The summed E-state index contributed by atoms with van der Waals surface area (Å²) in [4.78, 5) is 12.4. The highest BCUT2D eigenvalue weighted by molar-refractivity contribution is 6.32. The van der Waals surface area contributed by atoms with Gasteiger partial charge in [0, 0.05) is 16.8 Å². The lowest BCUT2D eigenvalue weighted by Gasteiger charge is -2.19. The maximum absolute atomic E-state index is 12.4. The van der Waals surface area contributed by atoms with Crippen LogP contribution in [-0.2, 0) is 4.79 Å². The lowest BCUT2D eigenvalue weighted by Crippen LogP contribution is -2.13. The molecule has 24 heavy (non-hydrogen) atoms. The molecule has 0 atom stereocenters. The van der Waals surface area contributed by atoms with Gasteiger partial charge in [0.1, 0.15) is 0 Å². The van der Waals surface area contributed by atoms with Crippen LogP contribution in [0.5, 0.6) is 0 Å². The number of nitrogens with one attached hydrogen (secondary N) is 1. The average Bonchev–Trinajstić information content (AvgIpc) is 2.53. The number of anilines is 1. The lowest BCUT2D eigenvalue weighted by molar-refractivity contribution is -0.111. The van der Waals surface area contributed by atoms with Gasteiger partial charge in [-0.05, 0) is 40.7 Å². The first-order valence-electron chi connectivity index (χ1n) is 8.26. The average molecular weight is 342 g/mol. The number of halogens is 1. The van der Waals surface area contributed by atoms with Crippen LogP contribution in [0.15, 0.2) is 48.5 Å². The molecule has 0 aliphatic heterocycles. The molecule has 0 aliphatic rings. The number of carbonyl (C=O) groups excluding carboxylic acids is 1. The van der Waals surface area contributed by atoms with E-state index in [1.54, 1.807) is 6.08 Å². The molecule has 0 fully saturated rings. The van der Waals surface area contributed by atoms with E-state index in [9.17, 15) is 4.79 Å². The molecular weight excluding hydrogens is 318 g/mol. The van der Waals surface area contributed by atoms with Gasteiger partial charge in [0.05, 0.1) is 0 Å². The summed E-state index contributed by atoms with van der Waals surface area (Å²) in [7, 11) is 0. The van der Waals surface area contributed by atoms with Crippen LogP contribution in [0.25, 0.3) is 6.08 Å². The molecule has 1 amide bonds. The maximum Gasteiger partial charge on any atom is 0.248 e. The zero-order valence-electron chi connectivity index (χ0n) is 14.6. The third-order valence-electron chi connectivity index (χ3n) is 3.94. The van der Waals surface area contributed by atoms with E-state index in [0.717, 1.165) is 22.4 Å². The smallest absolute Gasteiger partial charge is 0.248 e. The van der Waals surface area contributed by atoms with Gasteiger partial charge in [0.25, 0.3) is 0 Å². The Balaban J connectivity index is 2.27. The summed E-state index contributed by atoms with van der Waals surface area (Å²) in [5.74, 6) is 0.531. The van der Waals surface area contributed by atoms with E-state index in [1.807, 2.05) is 24.3 Å². The fourth-order valence-corrected chi connectivity index (χ4v) is 2.83. The summed E-state index contributed by atoms with van der Waals surface area (Å²) in [6.45, 7) is 8.53. The van der Waals surface area contributed by atoms with Gasteiger partial charge in [-0.1, -0.05) is 75.7 Å². The number of rotatable bonds is 5. The molecule has 2 rings (SSSR count). The van der Waals surface area contributed by atoms with Crippen molar-refractivity contribution in [2.75, 3.05) is 5.32 Å². The van der Waals surface area contributed by atoms with E-state index in [2.05, 4.69) is 51.2 Å². The minimum atomic E-state index is -0.148. The van der Waals surface area contributed by atoms with E-state index >= 15 is 0 Å². The normalized spacial score (nSPS) is 11.5. The van der Waals surface area contributed by atoms with E-state index in [0.29, 0.717) is 16.9 Å². The highest BCUT2D eigenvalue weighted by atomic mass is 35.5. The summed E-state index contributed by atoms with van der Waals surface area (Å²) in [5, 5.41) is 3.69. The number of amides is 1. The monoisotopic (exact) mass is 341 g/mol. The standard InChI is InChI=1S/C21H24ClNO/c1-14(2)17-9-7-10-18(15(3)4)21(17)23-20(24)13-12-16-8-5-6-11-19(16)22/h5-15H,1-4H3,(H,23,24). The second-order valence-corrected chi connectivity index (χ2v) is 6.87. The Kier molecular flexibility index (Phi) is 6.22. The largest absolute Gasteiger partial charge is 0.322 e. The molecule has 2 nitrogen and oxygen atoms in total. The predicted octanol–water partition coefficient (Wildman–Crippen LogP) is 6.24. The van der Waals surface area contributed by atoms with Crippen LogP contribution in [0.1, 0.15) is 56.2 Å². The van der Waals surface area contributed by atoms with E-state index < -0.39 is 0 Å². The van der Waals surface area contributed by atoms with Crippen molar-refractivity contribution in [3.63, 3.8) is 0 Å². The minimum absolute atomic E-state index is 0.148. The molecule has 0 heterocycles. The first-order valence-corrected chi connectivity index (χ1v) is 8.64. The van der Waals surface area contributed by atoms with Crippen molar-refractivity contribution in [3.05, 3.63) is 70.3 Å². The molecule has 2 aromatic rings. The molecule has 1 N–H and O–H groups in total. The van der Waals surface area contributed by atoms with Gasteiger partial charge >= 0.3 is 0 Å². The Morgan fingerprint density at radius 2 is 1.54 bits per heavy atom. The molecule has 0 bridgehead atoms. The zero-order chi connectivity index (χ0) is 17.7. The SMILES string of the molecule is CC(C)c1cccc(C(C)C)c1NC(=O)C=Cc1ccccc1Cl. The summed E-state index contributed by atoms with van der Waals surface area (Å²) >= 11 is 6.12. The fourth-order valence-electron chi connectivity index (χ4n) is 2.64. The first kappa shape index (κ1) is 18.3. The third-order valence-corrected chi connectivity index (χ3v) is 4.28. The van der Waals surface area contributed by atoms with Crippen molar-refractivity contribution in [2.24, 2.45) is 0 Å². The van der Waals surface area contributed by atoms with Crippen LogP contribution in [-0.4, -0.2) is 5.91 Å². The van der Waals surface area contributed by atoms with Gasteiger partial charge in [-0.3, -0.25) is 4.79 Å². The molecule has 0 aromatic heterocycles. The van der Waals surface area contributed by atoms with Crippen molar-refractivity contribution < 1.29 is 4.79 Å². The van der Waals surface area contributed by atoms with E-state index in [-0.39, 0.29) is 5.91 Å². The molecule has 0 spiro atoms. The molecule has 0 radical (unpaired) electrons. The fraction of sp³-hybridized carbons (Fsp3) is 0.286. The number of hydrogen-bond donors (Lipinski definition) is 1. The van der Waals surface area contributed by atoms with Gasteiger partial charge < -0.3 is 5.32 Å². The summed E-state index contributed by atoms with van der Waals surface area (Å²) in [5.41, 5.74) is 4.06. The number of hydrogen-bond acceptors (Lipinski definition) is 1. The van der Waals surface area contributed by atoms with Crippen LogP contribution < -0.4 is 5.32 Å². The molecule has 2 aromatic carbocycles. The quantitative estimate of drug-likeness (QED) is 0.641. The summed E-state index contributed by atoms with van der Waals surface area (Å²) in [6, 6.07) is 13.7. The van der Waals surface area contributed by atoms with Crippen molar-refractivity contribution in [3.8, 4) is 0 Å². The second kappa shape index (κ2) is 8.16. The number of carbonyl (C=O) groups is 1. The van der Waals surface area contributed by atoms with Crippen LogP contribution in [0.2, 0.25) is 5.02 Å². The summed E-state index contributed by atoms with van der Waals surface area (Å²) < 4.78 is 0. The first-order chi connectivity index (χ1) is 11.4. The van der Waals surface area contributed by atoms with E-state index in [4.69, 9.17) is 11.6 Å². The molecule has 0 saturated carbocycles. The Hall–Kier alpha value is -2.06. The number of para-hydroxylation sites is 1. The van der Waals surface area contributed by atoms with Gasteiger partial charge in [-0.25, -0.2) is 0 Å². The Morgan fingerprint density at radius 1 is 0.958 bits per heavy atom. The Bertz CT molecular complexity index is 721. The maximum atomic E-state index is 12.4. The van der Waals surface area contributed by atoms with Gasteiger partial charge in [0.2, 0.25) is 5.91 Å².